The van der Waals surface area contributed by atoms with Crippen LogP contribution in [0.1, 0.15) is 61.0 Å². The molecule has 146 valence electrons. The van der Waals surface area contributed by atoms with Gasteiger partial charge < -0.3 is 14.5 Å². The molecule has 1 unspecified atom stereocenters. The molecule has 1 aliphatic rings. The molecule has 1 aliphatic heterocycles. The summed E-state index contributed by atoms with van der Waals surface area (Å²) in [5.41, 5.74) is 1.47. The predicted molar refractivity (Wildman–Crippen MR) is 103 cm³/mol. The Labute approximate surface area is 160 Å². The Balaban J connectivity index is 1.68. The Morgan fingerprint density at radius 1 is 1.33 bits per heavy atom. The van der Waals surface area contributed by atoms with Crippen LogP contribution in [0, 0.1) is 0 Å². The van der Waals surface area contributed by atoms with E-state index < -0.39 is 0 Å². The zero-order chi connectivity index (χ0) is 19.2. The molecule has 3 rings (SSSR count). The number of nitrogens with zero attached hydrogens (tertiary/aromatic N) is 3. The molecule has 6 nitrogen and oxygen atoms in total. The van der Waals surface area contributed by atoms with Crippen molar-refractivity contribution in [2.75, 3.05) is 19.6 Å². The lowest BCUT2D eigenvalue weighted by Gasteiger charge is -2.28. The Bertz CT molecular complexity index is 723. The van der Waals surface area contributed by atoms with Crippen LogP contribution in [-0.2, 0) is 6.54 Å². The first kappa shape index (κ1) is 19.6. The normalized spacial score (nSPS) is 17.0. The topological polar surface area (TPSA) is 69.8 Å². The predicted octanol–water partition coefficient (Wildman–Crippen LogP) is 3.24. The molecular formula is C21H29N3O3. The van der Waals surface area contributed by atoms with Crippen LogP contribution in [0.2, 0.25) is 0 Å². The van der Waals surface area contributed by atoms with E-state index in [1.54, 1.807) is 6.07 Å². The van der Waals surface area contributed by atoms with Gasteiger partial charge in [0, 0.05) is 25.7 Å². The number of rotatable bonds is 7. The summed E-state index contributed by atoms with van der Waals surface area (Å²) in [4.78, 5) is 17.1. The third-order valence-electron chi connectivity index (χ3n) is 5.19. The summed E-state index contributed by atoms with van der Waals surface area (Å²) < 4.78 is 5.43. The van der Waals surface area contributed by atoms with E-state index in [4.69, 9.17) is 4.52 Å². The smallest absolute Gasteiger partial charge is 0.276 e. The van der Waals surface area contributed by atoms with Gasteiger partial charge in [-0.3, -0.25) is 9.69 Å². The molecular weight excluding hydrogens is 342 g/mol. The van der Waals surface area contributed by atoms with Gasteiger partial charge in [0.25, 0.3) is 5.91 Å². The van der Waals surface area contributed by atoms with E-state index in [-0.39, 0.29) is 18.1 Å². The van der Waals surface area contributed by atoms with E-state index in [9.17, 15) is 9.90 Å². The second-order valence-electron chi connectivity index (χ2n) is 7.27. The SMILES string of the molecule is CCCN(C(=O)c1cc(CN2CCC(O)CC2)on1)C(C)c1ccccc1. The molecule has 27 heavy (non-hydrogen) atoms. The lowest BCUT2D eigenvalue weighted by atomic mass is 10.1. The number of aliphatic hydroxyl groups excluding tert-OH is 1. The van der Waals surface area contributed by atoms with Crippen LogP contribution in [0.5, 0.6) is 0 Å². The minimum Gasteiger partial charge on any atom is -0.393 e. The van der Waals surface area contributed by atoms with Gasteiger partial charge in [-0.25, -0.2) is 0 Å². The van der Waals surface area contributed by atoms with Crippen LogP contribution >= 0.6 is 0 Å². The average Bonchev–Trinajstić information content (AvgIpc) is 3.16. The third kappa shape index (κ3) is 4.96. The molecule has 1 aromatic heterocycles. The molecule has 1 N–H and O–H groups in total. The highest BCUT2D eigenvalue weighted by atomic mass is 16.5. The second kappa shape index (κ2) is 9.15. The van der Waals surface area contributed by atoms with Crippen molar-refractivity contribution in [2.24, 2.45) is 0 Å². The fourth-order valence-corrected chi connectivity index (χ4v) is 3.56. The Hall–Kier alpha value is -2.18. The molecule has 0 radical (unpaired) electrons. The second-order valence-corrected chi connectivity index (χ2v) is 7.27. The highest BCUT2D eigenvalue weighted by Crippen LogP contribution is 2.23. The first-order valence-corrected chi connectivity index (χ1v) is 9.80. The van der Waals surface area contributed by atoms with Crippen LogP contribution in [-0.4, -0.2) is 51.7 Å². The monoisotopic (exact) mass is 371 g/mol. The molecule has 6 heteroatoms. The lowest BCUT2D eigenvalue weighted by molar-refractivity contribution is 0.0677. The molecule has 2 aromatic rings. The maximum Gasteiger partial charge on any atom is 0.276 e. The zero-order valence-electron chi connectivity index (χ0n) is 16.2. The van der Waals surface area contributed by atoms with E-state index >= 15 is 0 Å². The highest BCUT2D eigenvalue weighted by Gasteiger charge is 2.25. The molecule has 1 saturated heterocycles. The maximum absolute atomic E-state index is 13.1. The number of aliphatic hydroxyl groups is 1. The van der Waals surface area contributed by atoms with Crippen molar-refractivity contribution in [1.82, 2.24) is 15.0 Å². The summed E-state index contributed by atoms with van der Waals surface area (Å²) >= 11 is 0. The van der Waals surface area contributed by atoms with Crippen molar-refractivity contribution in [3.63, 3.8) is 0 Å². The number of hydrogen-bond donors (Lipinski definition) is 1. The summed E-state index contributed by atoms with van der Waals surface area (Å²) in [7, 11) is 0. The van der Waals surface area contributed by atoms with Crippen LogP contribution in [0.4, 0.5) is 0 Å². The van der Waals surface area contributed by atoms with E-state index in [1.807, 2.05) is 42.2 Å². The number of piperidine rings is 1. The molecule has 2 heterocycles. The van der Waals surface area contributed by atoms with E-state index in [2.05, 4.69) is 17.0 Å². The van der Waals surface area contributed by atoms with E-state index in [0.29, 0.717) is 24.5 Å². The Morgan fingerprint density at radius 3 is 2.70 bits per heavy atom. The number of carbonyl (C=O) groups is 1. The van der Waals surface area contributed by atoms with Gasteiger partial charge in [-0.2, -0.15) is 0 Å². The summed E-state index contributed by atoms with van der Waals surface area (Å²) in [5, 5.41) is 13.6. The van der Waals surface area contributed by atoms with Crippen LogP contribution in [0.3, 0.4) is 0 Å². The van der Waals surface area contributed by atoms with Gasteiger partial charge in [0.1, 0.15) is 0 Å². The standard InChI is InChI=1S/C21H29N3O3/c1-3-11-24(16(2)17-7-5-4-6-8-17)21(26)20-14-19(27-22-20)15-23-12-9-18(25)10-13-23/h4-8,14,16,18,25H,3,9-13,15H2,1-2H3. The lowest BCUT2D eigenvalue weighted by Crippen LogP contribution is -2.35. The van der Waals surface area contributed by atoms with Gasteiger partial charge in [0.2, 0.25) is 0 Å². The number of benzene rings is 1. The summed E-state index contributed by atoms with van der Waals surface area (Å²) in [5.74, 6) is 0.593. The van der Waals surface area contributed by atoms with Gasteiger partial charge in [-0.1, -0.05) is 42.4 Å². The van der Waals surface area contributed by atoms with Crippen molar-refractivity contribution in [2.45, 2.75) is 51.8 Å². The van der Waals surface area contributed by atoms with E-state index in [0.717, 1.165) is 37.9 Å². The summed E-state index contributed by atoms with van der Waals surface area (Å²) in [6.07, 6.45) is 2.23. The van der Waals surface area contributed by atoms with Crippen molar-refractivity contribution >= 4 is 5.91 Å². The fourth-order valence-electron chi connectivity index (χ4n) is 3.56. The fraction of sp³-hybridized carbons (Fsp3) is 0.524. The van der Waals surface area contributed by atoms with Gasteiger partial charge in [0.15, 0.2) is 11.5 Å². The summed E-state index contributed by atoms with van der Waals surface area (Å²) in [6.45, 7) is 7.06. The number of amides is 1. The molecule has 1 atom stereocenters. The highest BCUT2D eigenvalue weighted by molar-refractivity contribution is 5.92. The molecule has 0 aliphatic carbocycles. The van der Waals surface area contributed by atoms with Gasteiger partial charge in [-0.05, 0) is 31.7 Å². The van der Waals surface area contributed by atoms with Gasteiger partial charge in [-0.15, -0.1) is 0 Å². The number of aromatic nitrogens is 1. The van der Waals surface area contributed by atoms with Gasteiger partial charge in [0.05, 0.1) is 18.7 Å². The minimum absolute atomic E-state index is 0.0256. The molecule has 1 amide bonds. The van der Waals surface area contributed by atoms with E-state index in [1.165, 1.54) is 0 Å². The Kier molecular flexibility index (Phi) is 6.63. The van der Waals surface area contributed by atoms with Crippen molar-refractivity contribution in [3.05, 3.63) is 53.4 Å². The first-order chi connectivity index (χ1) is 13.1. The maximum atomic E-state index is 13.1. The third-order valence-corrected chi connectivity index (χ3v) is 5.19. The molecule has 1 aromatic carbocycles. The largest absolute Gasteiger partial charge is 0.393 e. The van der Waals surface area contributed by atoms with Crippen molar-refractivity contribution in [3.8, 4) is 0 Å². The quantitative estimate of drug-likeness (QED) is 0.809. The van der Waals surface area contributed by atoms with Crippen molar-refractivity contribution in [1.29, 1.82) is 0 Å². The number of carbonyl (C=O) groups excluding carboxylic acids is 1. The molecule has 0 saturated carbocycles. The van der Waals surface area contributed by atoms with Crippen LogP contribution < -0.4 is 0 Å². The minimum atomic E-state index is -0.199. The average molecular weight is 371 g/mol. The molecule has 0 spiro atoms. The zero-order valence-corrected chi connectivity index (χ0v) is 16.2. The molecule has 1 fully saturated rings. The first-order valence-electron chi connectivity index (χ1n) is 9.80. The van der Waals surface area contributed by atoms with Crippen LogP contribution in [0.15, 0.2) is 40.9 Å². The van der Waals surface area contributed by atoms with Crippen LogP contribution in [0.25, 0.3) is 0 Å². The molecule has 0 bridgehead atoms. The number of likely N-dealkylation sites (tertiary alicyclic amines) is 1. The Morgan fingerprint density at radius 2 is 2.04 bits per heavy atom. The van der Waals surface area contributed by atoms with Gasteiger partial charge >= 0.3 is 0 Å². The van der Waals surface area contributed by atoms with Crippen molar-refractivity contribution < 1.29 is 14.4 Å². The number of hydrogen-bond acceptors (Lipinski definition) is 5. The summed E-state index contributed by atoms with van der Waals surface area (Å²) in [6, 6.07) is 11.8.